The molecule has 0 amide bonds. The maximum absolute atomic E-state index is 4.56. The van der Waals surface area contributed by atoms with Crippen LogP contribution in [0.25, 0.3) is 0 Å². The Morgan fingerprint density at radius 3 is 2.78 bits per heavy atom. The number of nitrogens with one attached hydrogen (secondary N) is 1. The highest BCUT2D eigenvalue weighted by atomic mass is 32.1. The van der Waals surface area contributed by atoms with Gasteiger partial charge in [-0.3, -0.25) is 9.88 Å². The fourth-order valence-electron chi connectivity index (χ4n) is 3.09. The van der Waals surface area contributed by atoms with Crippen LogP contribution in [0.2, 0.25) is 0 Å². The van der Waals surface area contributed by atoms with Crippen molar-refractivity contribution >= 4 is 11.3 Å². The fourth-order valence-corrected chi connectivity index (χ4v) is 3.96. The van der Waals surface area contributed by atoms with E-state index in [1.807, 2.05) is 29.8 Å². The quantitative estimate of drug-likeness (QED) is 0.881. The zero-order chi connectivity index (χ0) is 16.1. The smallest absolute Gasteiger partial charge is 0.109 e. The molecule has 1 unspecified atom stereocenters. The highest BCUT2D eigenvalue weighted by molar-refractivity contribution is 7.11. The molecule has 1 N–H and O–H groups in total. The molecule has 2 aromatic rings. The van der Waals surface area contributed by atoms with Crippen LogP contribution in [0, 0.1) is 0 Å². The van der Waals surface area contributed by atoms with Crippen LogP contribution >= 0.6 is 11.3 Å². The van der Waals surface area contributed by atoms with Gasteiger partial charge >= 0.3 is 0 Å². The van der Waals surface area contributed by atoms with Crippen molar-refractivity contribution < 1.29 is 0 Å². The number of likely N-dealkylation sites (tertiary alicyclic amines) is 1. The Kier molecular flexibility index (Phi) is 5.75. The van der Waals surface area contributed by atoms with Crippen LogP contribution in [-0.4, -0.2) is 34.0 Å². The van der Waals surface area contributed by atoms with E-state index in [-0.39, 0.29) is 0 Å². The van der Waals surface area contributed by atoms with E-state index in [4.69, 9.17) is 0 Å². The normalized spacial score (nSPS) is 18.2. The van der Waals surface area contributed by atoms with Crippen LogP contribution in [0.4, 0.5) is 0 Å². The number of pyridine rings is 1. The van der Waals surface area contributed by atoms with Crippen LogP contribution < -0.4 is 5.32 Å². The number of thiazole rings is 1. The van der Waals surface area contributed by atoms with E-state index in [2.05, 4.69) is 46.2 Å². The van der Waals surface area contributed by atoms with Gasteiger partial charge in [0, 0.05) is 42.9 Å². The van der Waals surface area contributed by atoms with E-state index in [1.165, 1.54) is 28.4 Å². The van der Waals surface area contributed by atoms with Crippen molar-refractivity contribution in [2.24, 2.45) is 0 Å². The van der Waals surface area contributed by atoms with Gasteiger partial charge in [0.05, 0.1) is 11.7 Å². The van der Waals surface area contributed by atoms with Gasteiger partial charge in [-0.15, -0.1) is 11.3 Å². The first kappa shape index (κ1) is 16.6. The third kappa shape index (κ3) is 4.59. The van der Waals surface area contributed by atoms with Crippen LogP contribution in [-0.2, 0) is 13.0 Å². The largest absolute Gasteiger partial charge is 0.305 e. The van der Waals surface area contributed by atoms with E-state index in [0.29, 0.717) is 12.1 Å². The molecule has 1 atom stereocenters. The summed E-state index contributed by atoms with van der Waals surface area (Å²) in [4.78, 5) is 12.9. The second kappa shape index (κ2) is 7.99. The lowest BCUT2D eigenvalue weighted by atomic mass is 10.0. The van der Waals surface area contributed by atoms with Gasteiger partial charge in [0.1, 0.15) is 5.01 Å². The molecular weight excluding hydrogens is 304 g/mol. The third-order valence-electron chi connectivity index (χ3n) is 4.48. The standard InChI is InChI=1S/C18H26N4S/c1-3-17-12-20-18(23-17)14(2)21-15-7-10-22(11-8-15)13-16-6-4-5-9-19-16/h4-6,9,12,14-15,21H,3,7-8,10-11,13H2,1-2H3. The first-order valence-corrected chi connectivity index (χ1v) is 9.39. The Morgan fingerprint density at radius 1 is 1.30 bits per heavy atom. The molecule has 23 heavy (non-hydrogen) atoms. The zero-order valence-corrected chi connectivity index (χ0v) is 14.9. The van der Waals surface area contributed by atoms with Gasteiger partial charge in [0.2, 0.25) is 0 Å². The Labute approximate surface area is 143 Å². The van der Waals surface area contributed by atoms with Crippen molar-refractivity contribution in [3.05, 3.63) is 46.2 Å². The molecule has 1 aliphatic heterocycles. The Balaban J connectivity index is 1.45. The number of aryl methyl sites for hydroxylation is 1. The van der Waals surface area contributed by atoms with E-state index < -0.39 is 0 Å². The van der Waals surface area contributed by atoms with Crippen molar-refractivity contribution in [2.75, 3.05) is 13.1 Å². The first-order valence-electron chi connectivity index (χ1n) is 8.57. The lowest BCUT2D eigenvalue weighted by Gasteiger charge is -2.33. The fraction of sp³-hybridized carbons (Fsp3) is 0.556. The summed E-state index contributed by atoms with van der Waals surface area (Å²) in [5.74, 6) is 0. The molecule has 0 saturated carbocycles. The van der Waals surface area contributed by atoms with E-state index >= 15 is 0 Å². The number of piperidine rings is 1. The van der Waals surface area contributed by atoms with Crippen molar-refractivity contribution in [2.45, 2.75) is 51.7 Å². The number of nitrogens with zero attached hydrogens (tertiary/aromatic N) is 3. The Hall–Kier alpha value is -1.30. The summed E-state index contributed by atoms with van der Waals surface area (Å²) < 4.78 is 0. The summed E-state index contributed by atoms with van der Waals surface area (Å²) in [5, 5.41) is 4.98. The highest BCUT2D eigenvalue weighted by Crippen LogP contribution is 2.22. The van der Waals surface area contributed by atoms with Crippen molar-refractivity contribution in [3.63, 3.8) is 0 Å². The summed E-state index contributed by atoms with van der Waals surface area (Å²) in [7, 11) is 0. The minimum absolute atomic E-state index is 0.354. The predicted octanol–water partition coefficient (Wildman–Crippen LogP) is 3.42. The third-order valence-corrected chi connectivity index (χ3v) is 5.80. The van der Waals surface area contributed by atoms with Crippen LogP contribution in [0.5, 0.6) is 0 Å². The molecule has 1 aliphatic rings. The maximum atomic E-state index is 4.56. The summed E-state index contributed by atoms with van der Waals surface area (Å²) in [6.07, 6.45) is 7.38. The van der Waals surface area contributed by atoms with Gasteiger partial charge in [-0.1, -0.05) is 13.0 Å². The van der Waals surface area contributed by atoms with Gasteiger partial charge in [-0.05, 0) is 38.3 Å². The average Bonchev–Trinajstić information content (AvgIpc) is 3.07. The summed E-state index contributed by atoms with van der Waals surface area (Å²) in [6.45, 7) is 7.67. The minimum atomic E-state index is 0.354. The lowest BCUT2D eigenvalue weighted by molar-refractivity contribution is 0.183. The number of hydrogen-bond donors (Lipinski definition) is 1. The number of rotatable bonds is 6. The van der Waals surface area contributed by atoms with Gasteiger partial charge in [-0.2, -0.15) is 0 Å². The Morgan fingerprint density at radius 2 is 2.13 bits per heavy atom. The van der Waals surface area contributed by atoms with Crippen molar-refractivity contribution in [3.8, 4) is 0 Å². The van der Waals surface area contributed by atoms with Gasteiger partial charge in [0.25, 0.3) is 0 Å². The van der Waals surface area contributed by atoms with Gasteiger partial charge < -0.3 is 5.32 Å². The molecule has 0 aliphatic carbocycles. The molecular formula is C18H26N4S. The summed E-state index contributed by atoms with van der Waals surface area (Å²) >= 11 is 1.84. The lowest BCUT2D eigenvalue weighted by Crippen LogP contribution is -2.43. The zero-order valence-electron chi connectivity index (χ0n) is 14.0. The Bertz CT molecular complexity index is 590. The molecule has 3 heterocycles. The molecule has 1 saturated heterocycles. The second-order valence-corrected chi connectivity index (χ2v) is 7.42. The van der Waals surface area contributed by atoms with Gasteiger partial charge in [-0.25, -0.2) is 4.98 Å². The molecule has 2 aromatic heterocycles. The summed E-state index contributed by atoms with van der Waals surface area (Å²) in [5.41, 5.74) is 1.17. The molecule has 5 heteroatoms. The van der Waals surface area contributed by atoms with E-state index in [0.717, 1.165) is 26.1 Å². The number of aromatic nitrogens is 2. The van der Waals surface area contributed by atoms with Gasteiger partial charge in [0.15, 0.2) is 0 Å². The molecule has 124 valence electrons. The van der Waals surface area contributed by atoms with Crippen molar-refractivity contribution in [1.82, 2.24) is 20.2 Å². The van der Waals surface area contributed by atoms with Crippen molar-refractivity contribution in [1.29, 1.82) is 0 Å². The topological polar surface area (TPSA) is 41.1 Å². The second-order valence-electron chi connectivity index (χ2n) is 6.28. The van der Waals surface area contributed by atoms with Crippen LogP contribution in [0.1, 0.15) is 48.3 Å². The number of hydrogen-bond acceptors (Lipinski definition) is 5. The highest BCUT2D eigenvalue weighted by Gasteiger charge is 2.22. The SMILES string of the molecule is CCc1cnc(C(C)NC2CCN(Cc3ccccn3)CC2)s1. The summed E-state index contributed by atoms with van der Waals surface area (Å²) in [6, 6.07) is 7.10. The predicted molar refractivity (Wildman–Crippen MR) is 95.6 cm³/mol. The molecule has 0 bridgehead atoms. The molecule has 0 radical (unpaired) electrons. The first-order chi connectivity index (χ1) is 11.2. The monoisotopic (exact) mass is 330 g/mol. The molecule has 0 aromatic carbocycles. The van der Waals surface area contributed by atoms with Crippen LogP contribution in [0.3, 0.4) is 0 Å². The molecule has 3 rings (SSSR count). The average molecular weight is 331 g/mol. The van der Waals surface area contributed by atoms with E-state index in [1.54, 1.807) is 0 Å². The molecule has 1 fully saturated rings. The minimum Gasteiger partial charge on any atom is -0.305 e. The molecule has 0 spiro atoms. The maximum Gasteiger partial charge on any atom is 0.109 e. The van der Waals surface area contributed by atoms with Crippen LogP contribution in [0.15, 0.2) is 30.6 Å². The van der Waals surface area contributed by atoms with E-state index in [9.17, 15) is 0 Å². The molecule has 4 nitrogen and oxygen atoms in total.